The van der Waals surface area contributed by atoms with E-state index in [1.54, 1.807) is 0 Å². The van der Waals surface area contributed by atoms with Crippen LogP contribution < -0.4 is 0 Å². The quantitative estimate of drug-likeness (QED) is 0.132. The molecule has 272 valence electrons. The predicted octanol–water partition coefficient (Wildman–Crippen LogP) is 13.3. The van der Waals surface area contributed by atoms with Gasteiger partial charge in [-0.15, -0.1) is 0 Å². The Bertz CT molecular complexity index is 2520. The maximum atomic E-state index is 5.13. The topological polar surface area (TPSA) is 51.0 Å². The molecule has 0 fully saturated rings. The predicted molar refractivity (Wildman–Crippen MR) is 237 cm³/mol. The lowest BCUT2D eigenvalue weighted by atomic mass is 9.84. The first-order chi connectivity index (χ1) is 27.6. The van der Waals surface area contributed by atoms with Crippen molar-refractivity contribution in [2.24, 2.45) is 4.99 Å². The van der Waals surface area contributed by atoms with Crippen LogP contribution in [0, 0.1) is 0 Å². The lowest BCUT2D eigenvalue weighted by Gasteiger charge is -2.19. The zero-order chi connectivity index (χ0) is 38.3. The number of allylic oxidation sites excluding steroid dienone is 10. The van der Waals surface area contributed by atoms with Gasteiger partial charge in [0, 0.05) is 29.0 Å². The first kappa shape index (κ1) is 36.2. The molecule has 0 amide bonds. The van der Waals surface area contributed by atoms with Gasteiger partial charge < -0.3 is 0 Å². The van der Waals surface area contributed by atoms with E-state index in [9.17, 15) is 0 Å². The molecular formula is C52H44N4. The number of hydrogen-bond acceptors (Lipinski definition) is 4. The fraction of sp³-hybridized carbons (Fsp3) is 0.115. The summed E-state index contributed by atoms with van der Waals surface area (Å²) in [6, 6.07) is 43.1. The maximum Gasteiger partial charge on any atom is 0.164 e. The highest BCUT2D eigenvalue weighted by Crippen LogP contribution is 2.43. The van der Waals surface area contributed by atoms with E-state index in [0.717, 1.165) is 92.7 Å². The van der Waals surface area contributed by atoms with Crippen LogP contribution in [-0.2, 0) is 0 Å². The van der Waals surface area contributed by atoms with Gasteiger partial charge >= 0.3 is 0 Å². The maximum absolute atomic E-state index is 5.13. The molecule has 6 aromatic rings. The highest BCUT2D eigenvalue weighted by Gasteiger charge is 2.19. The molecule has 4 nitrogen and oxygen atoms in total. The minimum atomic E-state index is 0.643. The summed E-state index contributed by atoms with van der Waals surface area (Å²) in [7, 11) is 0. The summed E-state index contributed by atoms with van der Waals surface area (Å²) < 4.78 is 0. The standard InChI is InChI=1S/C52H44N4/c1-4-17-37(18-5-2)45-34-47(38-19-9-6-10-20-38)49(48(35-45)39-21-11-7-12-22-39)40-28-30-42(31-29-40)51-54-50(41-23-13-8-14-24-41)55-52(56-51)44-26-15-25-43(33-44)46-27-16-32-53-36(46)3/h4-7,9-13,15,17-31,33-35H,1,8,14,16,32H2,2-3H3/b18-5-,37-17+. The van der Waals surface area contributed by atoms with E-state index in [4.69, 9.17) is 19.9 Å². The second-order valence-electron chi connectivity index (χ2n) is 14.0. The number of dihydropyridines is 1. The molecule has 5 aromatic carbocycles. The molecule has 0 atom stereocenters. The fourth-order valence-corrected chi connectivity index (χ4v) is 7.52. The molecule has 2 heterocycles. The van der Waals surface area contributed by atoms with Crippen LogP contribution in [0.25, 0.3) is 72.9 Å². The van der Waals surface area contributed by atoms with Gasteiger partial charge in [-0.3, -0.25) is 4.99 Å². The van der Waals surface area contributed by atoms with Crippen molar-refractivity contribution in [3.63, 3.8) is 0 Å². The lowest BCUT2D eigenvalue weighted by Crippen LogP contribution is -2.05. The SMILES string of the molecule is C=C/C=C(\C=C/C)c1cc(-c2ccccc2)c(-c2ccc(-c3nc(C4=CCCC=C4)nc(-c4cccc(C5=CCCN=C5C)c4)n3)cc2)c(-c2ccccc2)c1. The summed E-state index contributed by atoms with van der Waals surface area (Å²) >= 11 is 0. The van der Waals surface area contributed by atoms with Crippen molar-refractivity contribution >= 4 is 22.4 Å². The Balaban J connectivity index is 1.27. The van der Waals surface area contributed by atoms with Gasteiger partial charge in [0.15, 0.2) is 17.5 Å². The second kappa shape index (κ2) is 16.7. The lowest BCUT2D eigenvalue weighted by molar-refractivity contribution is 0.995. The third-order valence-corrected chi connectivity index (χ3v) is 10.3. The summed E-state index contributed by atoms with van der Waals surface area (Å²) in [5, 5.41) is 0. The largest absolute Gasteiger partial charge is 0.289 e. The zero-order valence-electron chi connectivity index (χ0n) is 32.0. The number of nitrogens with zero attached hydrogens (tertiary/aromatic N) is 4. The molecule has 0 saturated carbocycles. The van der Waals surface area contributed by atoms with E-state index in [1.165, 1.54) is 11.1 Å². The van der Waals surface area contributed by atoms with Gasteiger partial charge in [-0.1, -0.05) is 158 Å². The number of benzene rings is 5. The highest BCUT2D eigenvalue weighted by atomic mass is 15.0. The van der Waals surface area contributed by atoms with E-state index in [-0.39, 0.29) is 0 Å². The Hall–Kier alpha value is -6.78. The average Bonchev–Trinajstić information content (AvgIpc) is 3.27. The van der Waals surface area contributed by atoms with Gasteiger partial charge in [-0.2, -0.15) is 0 Å². The van der Waals surface area contributed by atoms with Crippen LogP contribution in [0.5, 0.6) is 0 Å². The molecule has 0 radical (unpaired) electrons. The number of hydrogen-bond donors (Lipinski definition) is 0. The Kier molecular flexibility index (Phi) is 10.8. The number of aliphatic imine (C=N–C) groups is 1. The third kappa shape index (κ3) is 7.73. The molecule has 1 aliphatic heterocycles. The summed E-state index contributed by atoms with van der Waals surface area (Å²) in [6.07, 6.45) is 19.9. The monoisotopic (exact) mass is 724 g/mol. The van der Waals surface area contributed by atoms with Crippen molar-refractivity contribution in [1.29, 1.82) is 0 Å². The Morgan fingerprint density at radius 1 is 0.607 bits per heavy atom. The zero-order valence-corrected chi connectivity index (χ0v) is 32.0. The molecule has 1 aromatic heterocycles. The highest BCUT2D eigenvalue weighted by molar-refractivity contribution is 6.23. The van der Waals surface area contributed by atoms with Gasteiger partial charge in [-0.05, 0) is 107 Å². The molecule has 4 heteroatoms. The van der Waals surface area contributed by atoms with Crippen LogP contribution in [-0.4, -0.2) is 27.2 Å². The number of rotatable bonds is 10. The van der Waals surface area contributed by atoms with Gasteiger partial charge in [0.25, 0.3) is 0 Å². The summed E-state index contributed by atoms with van der Waals surface area (Å²) in [6.45, 7) is 8.99. The van der Waals surface area contributed by atoms with E-state index in [1.807, 2.05) is 13.0 Å². The molecule has 56 heavy (non-hydrogen) atoms. The first-order valence-corrected chi connectivity index (χ1v) is 19.4. The Labute approximate surface area is 330 Å². The van der Waals surface area contributed by atoms with Gasteiger partial charge in [0.1, 0.15) is 0 Å². The smallest absolute Gasteiger partial charge is 0.164 e. The van der Waals surface area contributed by atoms with Crippen molar-refractivity contribution in [3.8, 4) is 56.2 Å². The van der Waals surface area contributed by atoms with E-state index in [2.05, 4.69) is 177 Å². The van der Waals surface area contributed by atoms with Crippen molar-refractivity contribution in [1.82, 2.24) is 15.0 Å². The minimum Gasteiger partial charge on any atom is -0.289 e. The molecule has 1 aliphatic carbocycles. The van der Waals surface area contributed by atoms with E-state index < -0.39 is 0 Å². The first-order valence-electron chi connectivity index (χ1n) is 19.4. The van der Waals surface area contributed by atoms with Crippen LogP contribution in [0.3, 0.4) is 0 Å². The number of aromatic nitrogens is 3. The molecule has 2 aliphatic rings. The molecule has 0 bridgehead atoms. The second-order valence-corrected chi connectivity index (χ2v) is 14.0. The van der Waals surface area contributed by atoms with Crippen LogP contribution in [0.2, 0.25) is 0 Å². The van der Waals surface area contributed by atoms with Crippen molar-refractivity contribution in [3.05, 3.63) is 193 Å². The molecular weight excluding hydrogens is 681 g/mol. The summed E-state index contributed by atoms with van der Waals surface area (Å²) in [5.41, 5.74) is 15.4. The third-order valence-electron chi connectivity index (χ3n) is 10.3. The van der Waals surface area contributed by atoms with Crippen molar-refractivity contribution in [2.45, 2.75) is 33.1 Å². The molecule has 8 rings (SSSR count). The van der Waals surface area contributed by atoms with Crippen molar-refractivity contribution in [2.75, 3.05) is 6.54 Å². The summed E-state index contributed by atoms with van der Waals surface area (Å²) in [5.74, 6) is 1.98. The molecule has 0 spiro atoms. The normalized spacial score (nSPS) is 14.3. The Morgan fingerprint density at radius 2 is 1.23 bits per heavy atom. The Morgan fingerprint density at radius 3 is 1.86 bits per heavy atom. The minimum absolute atomic E-state index is 0.643. The van der Waals surface area contributed by atoms with Gasteiger partial charge in [-0.25, -0.2) is 15.0 Å². The van der Waals surface area contributed by atoms with Gasteiger partial charge in [0.2, 0.25) is 0 Å². The summed E-state index contributed by atoms with van der Waals surface area (Å²) in [4.78, 5) is 20.0. The fourth-order valence-electron chi connectivity index (χ4n) is 7.52. The molecule has 0 saturated heterocycles. The molecule has 0 N–H and O–H groups in total. The van der Waals surface area contributed by atoms with Crippen LogP contribution in [0.15, 0.2) is 182 Å². The van der Waals surface area contributed by atoms with Gasteiger partial charge in [0.05, 0.1) is 0 Å². The van der Waals surface area contributed by atoms with Crippen LogP contribution >= 0.6 is 0 Å². The van der Waals surface area contributed by atoms with E-state index >= 15 is 0 Å². The van der Waals surface area contributed by atoms with Crippen LogP contribution in [0.4, 0.5) is 0 Å². The average molecular weight is 725 g/mol. The molecule has 0 unspecified atom stereocenters. The van der Waals surface area contributed by atoms with Crippen molar-refractivity contribution < 1.29 is 0 Å². The van der Waals surface area contributed by atoms with Crippen LogP contribution in [0.1, 0.15) is 50.1 Å². The van der Waals surface area contributed by atoms with E-state index in [0.29, 0.717) is 17.5 Å².